The number of benzene rings is 2. The molecular weight excluding hydrogens is 274 g/mol. The Kier molecular flexibility index (Phi) is 4.41. The van der Waals surface area contributed by atoms with Crippen molar-refractivity contribution < 1.29 is 13.5 Å². The van der Waals surface area contributed by atoms with E-state index in [4.69, 9.17) is 5.11 Å². The van der Waals surface area contributed by atoms with Gasteiger partial charge in [-0.05, 0) is 36.4 Å². The van der Waals surface area contributed by atoms with Crippen molar-refractivity contribution in [2.75, 3.05) is 11.3 Å². The van der Waals surface area contributed by atoms with Gasteiger partial charge in [-0.2, -0.15) is 0 Å². The van der Waals surface area contributed by atoms with Crippen molar-refractivity contribution in [2.45, 2.75) is 4.90 Å². The van der Waals surface area contributed by atoms with Crippen LogP contribution < -0.4 is 4.72 Å². The number of nitrogens with one attached hydrogen (secondary N) is 1. The molecule has 5 heteroatoms. The van der Waals surface area contributed by atoms with Crippen LogP contribution in [0.15, 0.2) is 59.5 Å². The van der Waals surface area contributed by atoms with E-state index in [1.165, 1.54) is 12.1 Å². The number of aliphatic hydroxyl groups excluding tert-OH is 1. The molecule has 0 bridgehead atoms. The zero-order valence-corrected chi connectivity index (χ0v) is 11.4. The summed E-state index contributed by atoms with van der Waals surface area (Å²) in [5, 5.41) is 8.60. The van der Waals surface area contributed by atoms with Crippen molar-refractivity contribution >= 4 is 15.7 Å². The highest BCUT2D eigenvalue weighted by Crippen LogP contribution is 2.16. The van der Waals surface area contributed by atoms with Crippen LogP contribution in [-0.4, -0.2) is 20.1 Å². The van der Waals surface area contributed by atoms with Gasteiger partial charge in [0.05, 0.1) is 4.90 Å². The molecule has 0 radical (unpaired) electrons. The van der Waals surface area contributed by atoms with Gasteiger partial charge in [0.15, 0.2) is 0 Å². The molecule has 0 atom stereocenters. The number of anilines is 1. The normalized spacial score (nSPS) is 10.4. The molecule has 4 nitrogen and oxygen atoms in total. The van der Waals surface area contributed by atoms with E-state index in [2.05, 4.69) is 16.6 Å². The molecule has 2 aromatic carbocycles. The summed E-state index contributed by atoms with van der Waals surface area (Å²) in [6.07, 6.45) is 0. The largest absolute Gasteiger partial charge is 0.384 e. The van der Waals surface area contributed by atoms with Crippen LogP contribution in [0.4, 0.5) is 5.69 Å². The first kappa shape index (κ1) is 14.1. The third-order valence-corrected chi connectivity index (χ3v) is 3.90. The van der Waals surface area contributed by atoms with E-state index in [9.17, 15) is 8.42 Å². The molecule has 2 aromatic rings. The quantitative estimate of drug-likeness (QED) is 0.846. The number of aliphatic hydroxyl groups is 1. The highest BCUT2D eigenvalue weighted by atomic mass is 32.2. The average molecular weight is 287 g/mol. The molecule has 2 N–H and O–H groups in total. The maximum absolute atomic E-state index is 12.1. The Labute approximate surface area is 118 Å². The van der Waals surface area contributed by atoms with Gasteiger partial charge >= 0.3 is 0 Å². The maximum Gasteiger partial charge on any atom is 0.261 e. The zero-order valence-electron chi connectivity index (χ0n) is 10.6. The molecule has 102 valence electrons. The fourth-order valence-electron chi connectivity index (χ4n) is 1.58. The van der Waals surface area contributed by atoms with Crippen LogP contribution in [0, 0.1) is 11.8 Å². The lowest BCUT2D eigenvalue weighted by Crippen LogP contribution is -2.12. The molecule has 0 aliphatic heterocycles. The number of rotatable bonds is 3. The summed E-state index contributed by atoms with van der Waals surface area (Å²) in [7, 11) is -3.57. The summed E-state index contributed by atoms with van der Waals surface area (Å²) < 4.78 is 26.7. The molecule has 0 aliphatic carbocycles. The van der Waals surface area contributed by atoms with Gasteiger partial charge in [-0.1, -0.05) is 30.0 Å². The Morgan fingerprint density at radius 2 is 1.65 bits per heavy atom. The third kappa shape index (κ3) is 3.60. The smallest absolute Gasteiger partial charge is 0.261 e. The van der Waals surface area contributed by atoms with E-state index in [1.54, 1.807) is 42.5 Å². The summed E-state index contributed by atoms with van der Waals surface area (Å²) in [5.41, 5.74) is 1.17. The lowest BCUT2D eigenvalue weighted by atomic mass is 10.2. The van der Waals surface area contributed by atoms with Gasteiger partial charge in [-0.25, -0.2) is 8.42 Å². The molecule has 20 heavy (non-hydrogen) atoms. The average Bonchev–Trinajstić information content (AvgIpc) is 2.47. The highest BCUT2D eigenvalue weighted by molar-refractivity contribution is 7.92. The van der Waals surface area contributed by atoms with E-state index < -0.39 is 10.0 Å². The molecule has 0 unspecified atom stereocenters. The van der Waals surface area contributed by atoms with Crippen LogP contribution >= 0.6 is 0 Å². The minimum absolute atomic E-state index is 0.206. The molecule has 0 fully saturated rings. The van der Waals surface area contributed by atoms with Crippen molar-refractivity contribution in [3.63, 3.8) is 0 Å². The first-order chi connectivity index (χ1) is 9.62. The standard InChI is InChI=1S/C15H13NO3S/c17-12-4-5-13-8-10-14(11-9-13)16-20(18,19)15-6-2-1-3-7-15/h1-3,6-11,16-17H,12H2. The van der Waals surface area contributed by atoms with Crippen LogP contribution in [0.5, 0.6) is 0 Å². The van der Waals surface area contributed by atoms with Crippen LogP contribution in [0.3, 0.4) is 0 Å². The highest BCUT2D eigenvalue weighted by Gasteiger charge is 2.12. The van der Waals surface area contributed by atoms with Crippen molar-refractivity contribution in [3.8, 4) is 11.8 Å². The minimum atomic E-state index is -3.57. The van der Waals surface area contributed by atoms with Gasteiger partial charge in [0.2, 0.25) is 0 Å². The van der Waals surface area contributed by atoms with Gasteiger partial charge in [0.25, 0.3) is 10.0 Å². The van der Waals surface area contributed by atoms with Crippen LogP contribution in [0.1, 0.15) is 5.56 Å². The van der Waals surface area contributed by atoms with E-state index in [-0.39, 0.29) is 11.5 Å². The maximum atomic E-state index is 12.1. The third-order valence-electron chi connectivity index (χ3n) is 2.50. The number of sulfonamides is 1. The van der Waals surface area contributed by atoms with Gasteiger partial charge in [0, 0.05) is 11.3 Å². The predicted molar refractivity (Wildman–Crippen MR) is 77.7 cm³/mol. The summed E-state index contributed by atoms with van der Waals surface area (Å²) in [5.74, 6) is 5.26. The monoisotopic (exact) mass is 287 g/mol. The molecule has 0 aromatic heterocycles. The summed E-state index contributed by atoms with van der Waals surface area (Å²) >= 11 is 0. The van der Waals surface area contributed by atoms with Crippen molar-refractivity contribution in [3.05, 3.63) is 60.2 Å². The molecule has 0 saturated heterocycles. The van der Waals surface area contributed by atoms with Crippen LogP contribution in [-0.2, 0) is 10.0 Å². The van der Waals surface area contributed by atoms with Gasteiger partial charge in [-0.15, -0.1) is 0 Å². The molecule has 0 saturated carbocycles. The second-order valence-corrected chi connectivity index (χ2v) is 5.64. The van der Waals surface area contributed by atoms with E-state index in [1.807, 2.05) is 0 Å². The van der Waals surface area contributed by atoms with Crippen LogP contribution in [0.25, 0.3) is 0 Å². The first-order valence-electron chi connectivity index (χ1n) is 5.89. The molecular formula is C15H13NO3S. The lowest BCUT2D eigenvalue weighted by Gasteiger charge is -2.07. The minimum Gasteiger partial charge on any atom is -0.384 e. The van der Waals surface area contributed by atoms with Crippen molar-refractivity contribution in [2.24, 2.45) is 0 Å². The number of hydrogen-bond donors (Lipinski definition) is 2. The molecule has 0 aliphatic rings. The molecule has 0 amide bonds. The second kappa shape index (κ2) is 6.24. The fraction of sp³-hybridized carbons (Fsp3) is 0.0667. The molecule has 0 heterocycles. The predicted octanol–water partition coefficient (Wildman–Crippen LogP) is 1.83. The van der Waals surface area contributed by atoms with Crippen molar-refractivity contribution in [1.29, 1.82) is 0 Å². The van der Waals surface area contributed by atoms with Gasteiger partial charge < -0.3 is 5.11 Å². The van der Waals surface area contributed by atoms with Gasteiger partial charge in [0.1, 0.15) is 6.61 Å². The van der Waals surface area contributed by atoms with Crippen LogP contribution in [0.2, 0.25) is 0 Å². The Hall–Kier alpha value is -2.29. The lowest BCUT2D eigenvalue weighted by molar-refractivity contribution is 0.350. The number of hydrogen-bond acceptors (Lipinski definition) is 3. The SMILES string of the molecule is O=S(=O)(Nc1ccc(C#CCO)cc1)c1ccccc1. The zero-order chi connectivity index (χ0) is 14.4. The van der Waals surface area contributed by atoms with E-state index in [0.29, 0.717) is 11.3 Å². The summed E-state index contributed by atoms with van der Waals surface area (Å²) in [6.45, 7) is -0.206. The van der Waals surface area contributed by atoms with Gasteiger partial charge in [-0.3, -0.25) is 4.72 Å². The summed E-state index contributed by atoms with van der Waals surface area (Å²) in [4.78, 5) is 0.212. The molecule has 2 rings (SSSR count). The second-order valence-electron chi connectivity index (χ2n) is 3.96. The van der Waals surface area contributed by atoms with Crippen molar-refractivity contribution in [1.82, 2.24) is 0 Å². The molecule has 0 spiro atoms. The van der Waals surface area contributed by atoms with E-state index >= 15 is 0 Å². The Bertz CT molecular complexity index is 726. The Morgan fingerprint density at radius 1 is 1.00 bits per heavy atom. The topological polar surface area (TPSA) is 66.4 Å². The van der Waals surface area contributed by atoms with E-state index in [0.717, 1.165) is 0 Å². The fourth-order valence-corrected chi connectivity index (χ4v) is 2.66. The Morgan fingerprint density at radius 3 is 2.25 bits per heavy atom. The summed E-state index contributed by atoms with van der Waals surface area (Å²) in [6, 6.07) is 14.8. The first-order valence-corrected chi connectivity index (χ1v) is 7.38. The Balaban J connectivity index is 2.18.